The van der Waals surface area contributed by atoms with Crippen molar-refractivity contribution in [3.8, 4) is 17.1 Å². The van der Waals surface area contributed by atoms with Crippen LogP contribution in [-0.2, 0) is 53.8 Å². The van der Waals surface area contributed by atoms with Gasteiger partial charge >= 0.3 is 59.5 Å². The van der Waals surface area contributed by atoms with Gasteiger partial charge in [0.25, 0.3) is 5.56 Å². The van der Waals surface area contributed by atoms with E-state index in [2.05, 4.69) is 40.9 Å². The number of hydrogen-bond donors (Lipinski definition) is 2. The molecule has 356 valence electrons. The van der Waals surface area contributed by atoms with Crippen molar-refractivity contribution in [3.05, 3.63) is 93.7 Å². The number of cyclic esters (lactones) is 1. The standard InChI is InChI=1S/C35H39N7O7.C2H3BrO2.C2H3N3O2.ClH.N3.Na.H2O/c1-3-23-24-16-22(48-34(46)41-14-10-21(11-15-41)40-12-6-5-7-13-40)8-9-28(24)38-31-25(23)19-42-29(31)17-27-26(32(42)44)20-47-33(45)35(27,4-2)49-30(43)18-37-39-36;3-1-2(4)5;3-5-4-1-2(6)7;;1-3-2;;/h8-9,16-17,21H,3-7,10-15,18-20H2,1-2H3;1H2,(H,4,5);1H2,(H,6,7);1H;;;1H2/q;;;;-1;+1;/t35-;;;;;;/m0....../s1. The fraction of sp³-hybridized carbons (Fsp3) is 0.513. The number of aryl methyl sites for hydroxylation is 1. The molecule has 2 fully saturated rings. The van der Waals surface area contributed by atoms with Crippen molar-refractivity contribution in [1.82, 2.24) is 19.4 Å². The van der Waals surface area contributed by atoms with Crippen molar-refractivity contribution in [2.45, 2.75) is 83.6 Å². The normalized spacial score (nSPS) is 16.4. The summed E-state index contributed by atoms with van der Waals surface area (Å²) in [5, 5.41) is 22.3. The molecule has 0 bridgehead atoms. The monoisotopic (exact) mass is 1030 g/mol. The first-order chi connectivity index (χ1) is 30.7. The minimum absolute atomic E-state index is 0. The molecule has 7 rings (SSSR count). The van der Waals surface area contributed by atoms with E-state index in [9.17, 15) is 28.8 Å². The summed E-state index contributed by atoms with van der Waals surface area (Å²) in [6, 6.07) is 7.60. The number of likely N-dealkylation sites (tertiary alicyclic amines) is 2. The predicted molar refractivity (Wildman–Crippen MR) is 242 cm³/mol. The number of amides is 1. The first-order valence-corrected chi connectivity index (χ1v) is 21.2. The Balaban J connectivity index is 0.00000109. The largest absolute Gasteiger partial charge is 1.00 e. The summed E-state index contributed by atoms with van der Waals surface area (Å²) in [6.45, 7) is 6.21. The number of hydrogen-bond acceptors (Lipinski definition) is 13. The summed E-state index contributed by atoms with van der Waals surface area (Å²) < 4.78 is 18.5. The number of nitrogens with zero attached hydrogens (tertiary/aromatic N) is 13. The van der Waals surface area contributed by atoms with E-state index in [0.29, 0.717) is 48.2 Å². The van der Waals surface area contributed by atoms with Gasteiger partial charge in [0.1, 0.15) is 30.8 Å². The summed E-state index contributed by atoms with van der Waals surface area (Å²) in [5.41, 5.74) is 31.4. The van der Waals surface area contributed by atoms with Crippen LogP contribution in [0.4, 0.5) is 4.79 Å². The Hall–Kier alpha value is -5.65. The topological polar surface area (TPSA) is 383 Å². The number of aromatic nitrogens is 2. The molecule has 25 nitrogen and oxygen atoms in total. The Morgan fingerprint density at radius 3 is 2.09 bits per heavy atom. The van der Waals surface area contributed by atoms with Gasteiger partial charge in [-0.2, -0.15) is 0 Å². The zero-order valence-electron chi connectivity index (χ0n) is 36.9. The number of halogens is 2. The van der Waals surface area contributed by atoms with Gasteiger partial charge in [-0.15, -0.1) is 12.4 Å². The summed E-state index contributed by atoms with van der Waals surface area (Å²) >= 11 is 2.71. The molecule has 1 amide bonds. The zero-order chi connectivity index (χ0) is 47.0. The maximum absolute atomic E-state index is 13.9. The molecule has 4 N–H and O–H groups in total. The molecule has 67 heavy (non-hydrogen) atoms. The second-order valence-corrected chi connectivity index (χ2v) is 15.0. The number of carbonyl (C=O) groups is 5. The minimum Gasteiger partial charge on any atom is -0.481 e. The van der Waals surface area contributed by atoms with Crippen LogP contribution in [0.3, 0.4) is 0 Å². The number of piperidine rings is 2. The van der Waals surface area contributed by atoms with Crippen LogP contribution in [0.25, 0.3) is 59.2 Å². The first kappa shape index (κ1) is 59.4. The molecule has 0 spiro atoms. The van der Waals surface area contributed by atoms with Gasteiger partial charge in [-0.3, -0.25) is 24.1 Å². The third kappa shape index (κ3) is 14.7. The summed E-state index contributed by atoms with van der Waals surface area (Å²) in [5.74, 6) is -3.22. The second kappa shape index (κ2) is 28.5. The molecule has 28 heteroatoms. The van der Waals surface area contributed by atoms with E-state index >= 15 is 0 Å². The molecule has 3 aromatic rings. The predicted octanol–water partition coefficient (Wildman–Crippen LogP) is 3.27. The van der Waals surface area contributed by atoms with Gasteiger partial charge in [0.05, 0.1) is 29.0 Å². The molecule has 0 aliphatic carbocycles. The van der Waals surface area contributed by atoms with Crippen molar-refractivity contribution in [2.75, 3.05) is 44.6 Å². The maximum atomic E-state index is 13.9. The summed E-state index contributed by atoms with van der Waals surface area (Å²) in [6.07, 6.45) is 5.97. The van der Waals surface area contributed by atoms with E-state index in [0.717, 1.165) is 42.4 Å². The van der Waals surface area contributed by atoms with Gasteiger partial charge in [0, 0.05) is 45.5 Å². The molecule has 0 unspecified atom stereocenters. The molecule has 1 aromatic carbocycles. The molecule has 4 aliphatic rings. The Labute approximate surface area is 418 Å². The molecular formula is C39H48BrClN13NaO12. The SMILES string of the molecule is CCc1c2c(nc3ccc(OC(=O)N4CCC(N5CCCCC5)CC4)cc13)-c1cc3c(c(=O)n1C2)COC(=O)[C@@]3(CC)OC(=O)CN=[N+]=[N-].Cl.O.O=C(O)CBr.[N-]=[N+]=NCC(=O)O.[N-]=[N+]=[N-].[Na+]. The molecule has 0 saturated carbocycles. The van der Waals surface area contributed by atoms with Gasteiger partial charge in [0.15, 0.2) is 0 Å². The third-order valence-corrected chi connectivity index (χ3v) is 11.3. The van der Waals surface area contributed by atoms with Crippen molar-refractivity contribution < 1.29 is 83.4 Å². The number of ether oxygens (including phenoxy) is 3. The van der Waals surface area contributed by atoms with Crippen LogP contribution in [-0.4, -0.2) is 116 Å². The number of esters is 2. The van der Waals surface area contributed by atoms with Gasteiger partial charge < -0.3 is 55.3 Å². The fourth-order valence-corrected chi connectivity index (χ4v) is 8.04. The van der Waals surface area contributed by atoms with Gasteiger partial charge in [-0.05, 0) is 92.5 Å². The average Bonchev–Trinajstić information content (AvgIpc) is 3.67. The van der Waals surface area contributed by atoms with Crippen LogP contribution in [0.1, 0.15) is 74.6 Å². The van der Waals surface area contributed by atoms with E-state index in [1.54, 1.807) is 28.5 Å². The number of carboxylic acids is 2. The van der Waals surface area contributed by atoms with E-state index in [1.165, 1.54) is 24.2 Å². The number of benzene rings is 1. The minimum atomic E-state index is -1.88. The Morgan fingerprint density at radius 1 is 0.940 bits per heavy atom. The van der Waals surface area contributed by atoms with Crippen LogP contribution in [0.2, 0.25) is 0 Å². The molecule has 2 saturated heterocycles. The summed E-state index contributed by atoms with van der Waals surface area (Å²) in [7, 11) is 0. The van der Waals surface area contributed by atoms with Gasteiger partial charge in [0.2, 0.25) is 5.60 Å². The molecule has 1 atom stereocenters. The van der Waals surface area contributed by atoms with Gasteiger partial charge in [-0.25, -0.2) is 14.6 Å². The number of rotatable bonds is 10. The summed E-state index contributed by atoms with van der Waals surface area (Å²) in [4.78, 5) is 87.3. The average molecular weight is 1030 g/mol. The van der Waals surface area contributed by atoms with Crippen molar-refractivity contribution in [1.29, 1.82) is 0 Å². The van der Waals surface area contributed by atoms with Gasteiger partial charge in [-0.1, -0.05) is 46.4 Å². The third-order valence-electron chi connectivity index (χ3n) is 10.9. The van der Waals surface area contributed by atoms with Crippen LogP contribution >= 0.6 is 28.3 Å². The first-order valence-electron chi connectivity index (χ1n) is 20.1. The quantitative estimate of drug-likeness (QED) is 0.0576. The van der Waals surface area contributed by atoms with Crippen LogP contribution in [0.15, 0.2) is 39.3 Å². The number of carbonyl (C=O) groups excluding carboxylic acids is 3. The van der Waals surface area contributed by atoms with Crippen LogP contribution in [0.5, 0.6) is 5.75 Å². The number of aliphatic carboxylic acids is 2. The van der Waals surface area contributed by atoms with E-state index in [4.69, 9.17) is 51.5 Å². The van der Waals surface area contributed by atoms with E-state index in [1.807, 2.05) is 19.1 Å². The molecule has 2 aromatic heterocycles. The number of fused-ring (bicyclic) bond motifs is 5. The van der Waals surface area contributed by atoms with Crippen molar-refractivity contribution in [3.63, 3.8) is 0 Å². The van der Waals surface area contributed by atoms with Crippen molar-refractivity contribution in [2.24, 2.45) is 10.2 Å². The van der Waals surface area contributed by atoms with E-state index in [-0.39, 0.29) is 95.1 Å². The van der Waals surface area contributed by atoms with Crippen molar-refractivity contribution >= 4 is 69.2 Å². The molecule has 0 radical (unpaired) electrons. The van der Waals surface area contributed by atoms with Crippen LogP contribution in [0, 0.1) is 0 Å². The maximum Gasteiger partial charge on any atom is 1.00 e. The Morgan fingerprint density at radius 2 is 1.55 bits per heavy atom. The van der Waals surface area contributed by atoms with E-state index < -0.39 is 42.6 Å². The second-order valence-electron chi connectivity index (χ2n) is 14.5. The smallest absolute Gasteiger partial charge is 0.481 e. The molecule has 6 heterocycles. The molecule has 4 aliphatic heterocycles. The molecular weight excluding hydrogens is 981 g/mol. The number of azide groups is 2. The number of carboxylic acid groups (broad SMARTS) is 2. The fourth-order valence-electron chi connectivity index (χ4n) is 8.04. The van der Waals surface area contributed by atoms with Crippen LogP contribution < -0.4 is 39.9 Å². The number of alkyl halides is 1. The Kier molecular flexibility index (Phi) is 25.3. The Bertz CT molecular complexity index is 2470. The zero-order valence-corrected chi connectivity index (χ0v) is 41.3. The number of pyridine rings is 2.